The zero-order valence-corrected chi connectivity index (χ0v) is 29.2. The van der Waals surface area contributed by atoms with E-state index in [1.165, 1.54) is 0 Å². The lowest BCUT2D eigenvalue weighted by molar-refractivity contribution is -0.346. The Kier molecular flexibility index (Phi) is 10.7. The van der Waals surface area contributed by atoms with Crippen LogP contribution in [-0.4, -0.2) is 62.8 Å². The van der Waals surface area contributed by atoms with Crippen molar-refractivity contribution >= 4 is 42.8 Å². The molecule has 0 aromatic heterocycles. The summed E-state index contributed by atoms with van der Waals surface area (Å²) in [7, 11) is -4.93. The predicted octanol–water partition coefficient (Wildman–Crippen LogP) is 6.98. The number of ether oxygens (including phenoxy) is 3. The minimum absolute atomic E-state index is 0.239. The molecule has 5 atom stereocenters. The number of methoxy groups -OCH3 is 1. The molecular weight excluding hydrogens is 580 g/mol. The molecule has 1 aliphatic heterocycles. The summed E-state index contributed by atoms with van der Waals surface area (Å²) in [6.07, 6.45) is -2.10. The van der Waals surface area contributed by atoms with Crippen molar-refractivity contribution in [1.82, 2.24) is 0 Å². The maximum Gasteiger partial charge on any atom is 0.224 e. The van der Waals surface area contributed by atoms with E-state index in [0.29, 0.717) is 10.6 Å². The first-order chi connectivity index (χ1) is 18.5. The molecule has 7 nitrogen and oxygen atoms in total. The Bertz CT molecular complexity index is 1130. The molecule has 0 saturated carbocycles. The monoisotopic (exact) mass is 624 g/mol. The molecule has 0 N–H and O–H groups in total. The Morgan fingerprint density at radius 2 is 1.43 bits per heavy atom. The van der Waals surface area contributed by atoms with Gasteiger partial charge in [0.1, 0.15) is 36.8 Å². The molecule has 0 radical (unpaired) electrons. The van der Waals surface area contributed by atoms with Gasteiger partial charge < -0.3 is 32.3 Å². The number of para-hydroxylation sites is 1. The number of hydrogen-bond acceptors (Lipinski definition) is 7. The van der Waals surface area contributed by atoms with Crippen molar-refractivity contribution in [3.05, 3.63) is 64.7 Å². The minimum Gasteiger partial charge on any atom is -0.489 e. The highest BCUT2D eigenvalue weighted by atomic mass is 35.5. The van der Waals surface area contributed by atoms with Gasteiger partial charge in [0.25, 0.3) is 0 Å². The van der Waals surface area contributed by atoms with Gasteiger partial charge in [-0.3, -0.25) is 0 Å². The third-order valence-corrected chi connectivity index (χ3v) is 9.40. The average Bonchev–Trinajstić information content (AvgIpc) is 2.84. The smallest absolute Gasteiger partial charge is 0.224 e. The SMILES string of the molecule is CO[C@@]1(c2ccc(Cl)c(COc3ccccc3)c2)OC(C=O)C(O[Si](C)(C)C)[C@H](O[Si](C)(C)C)[C@H]1O[Si](C)(C)C. The first-order valence-corrected chi connectivity index (χ1v) is 24.3. The van der Waals surface area contributed by atoms with Crippen LogP contribution in [0.15, 0.2) is 48.5 Å². The van der Waals surface area contributed by atoms with Crippen molar-refractivity contribution in [1.29, 1.82) is 0 Å². The summed E-state index contributed by atoms with van der Waals surface area (Å²) in [5, 5.41) is 0.547. The van der Waals surface area contributed by atoms with E-state index in [0.717, 1.165) is 17.6 Å². The molecule has 3 rings (SSSR count). The van der Waals surface area contributed by atoms with E-state index >= 15 is 0 Å². The average molecular weight is 625 g/mol. The lowest BCUT2D eigenvalue weighted by Gasteiger charge is -2.54. The van der Waals surface area contributed by atoms with E-state index in [9.17, 15) is 4.79 Å². The molecule has 2 aromatic carbocycles. The van der Waals surface area contributed by atoms with Crippen LogP contribution in [0.2, 0.25) is 63.9 Å². The highest BCUT2D eigenvalue weighted by molar-refractivity contribution is 6.70. The Labute approximate surface area is 247 Å². The molecule has 1 heterocycles. The Hall–Kier alpha value is -1.35. The van der Waals surface area contributed by atoms with Crippen LogP contribution in [0.4, 0.5) is 0 Å². The van der Waals surface area contributed by atoms with Crippen molar-refractivity contribution < 1.29 is 32.3 Å². The highest BCUT2D eigenvalue weighted by Crippen LogP contribution is 2.45. The fourth-order valence-corrected chi connectivity index (χ4v) is 8.10. The summed E-state index contributed by atoms with van der Waals surface area (Å²) < 4.78 is 39.2. The highest BCUT2D eigenvalue weighted by Gasteiger charge is 2.60. The number of rotatable bonds is 12. The van der Waals surface area contributed by atoms with Gasteiger partial charge in [-0.1, -0.05) is 35.9 Å². The van der Waals surface area contributed by atoms with Gasteiger partial charge in [0, 0.05) is 23.3 Å². The van der Waals surface area contributed by atoms with Gasteiger partial charge in [-0.15, -0.1) is 0 Å². The third-order valence-electron chi connectivity index (χ3n) is 6.11. The maximum absolute atomic E-state index is 12.6. The molecule has 2 unspecified atom stereocenters. The lowest BCUT2D eigenvalue weighted by atomic mass is 9.87. The van der Waals surface area contributed by atoms with Crippen LogP contribution in [0.3, 0.4) is 0 Å². The molecule has 0 spiro atoms. The molecule has 40 heavy (non-hydrogen) atoms. The van der Waals surface area contributed by atoms with E-state index in [-0.39, 0.29) is 6.61 Å². The van der Waals surface area contributed by atoms with Crippen molar-refractivity contribution in [2.24, 2.45) is 0 Å². The summed E-state index contributed by atoms with van der Waals surface area (Å²) in [6, 6.07) is 15.1. The normalized spacial score (nSPS) is 26.0. The van der Waals surface area contributed by atoms with Gasteiger partial charge in [-0.25, -0.2) is 0 Å². The van der Waals surface area contributed by atoms with Crippen molar-refractivity contribution in [3.8, 4) is 5.75 Å². The van der Waals surface area contributed by atoms with Crippen LogP contribution in [0, 0.1) is 0 Å². The number of carbonyl (C=O) groups excluding carboxylic acids is 1. The molecule has 0 bridgehead atoms. The second-order valence-electron chi connectivity index (χ2n) is 13.0. The Morgan fingerprint density at radius 1 is 0.850 bits per heavy atom. The minimum atomic E-state index is -2.21. The van der Waals surface area contributed by atoms with Crippen molar-refractivity contribution in [2.75, 3.05) is 7.11 Å². The van der Waals surface area contributed by atoms with Crippen molar-refractivity contribution in [2.45, 2.75) is 95.7 Å². The molecular formula is C29H45ClO7Si3. The van der Waals surface area contributed by atoms with Crippen molar-refractivity contribution in [3.63, 3.8) is 0 Å². The topological polar surface area (TPSA) is 72.5 Å². The van der Waals surface area contributed by atoms with Gasteiger partial charge in [0.2, 0.25) is 5.79 Å². The van der Waals surface area contributed by atoms with Crippen LogP contribution < -0.4 is 4.74 Å². The quantitative estimate of drug-likeness (QED) is 0.186. The fourth-order valence-electron chi connectivity index (χ4n) is 4.72. The van der Waals surface area contributed by atoms with Gasteiger partial charge in [-0.05, 0) is 83.2 Å². The van der Waals surface area contributed by atoms with Crippen LogP contribution in [-0.2, 0) is 39.9 Å². The number of aldehydes is 1. The fraction of sp³-hybridized carbons (Fsp3) is 0.552. The first kappa shape index (κ1) is 33.2. The molecule has 1 aliphatic rings. The molecule has 222 valence electrons. The molecule has 0 amide bonds. The summed E-state index contributed by atoms with van der Waals surface area (Å²) in [5.41, 5.74) is 1.41. The first-order valence-electron chi connectivity index (χ1n) is 13.7. The van der Waals surface area contributed by atoms with Crippen LogP contribution >= 0.6 is 11.6 Å². The summed E-state index contributed by atoms with van der Waals surface area (Å²) in [4.78, 5) is 12.6. The van der Waals surface area contributed by atoms with Crippen LogP contribution in [0.25, 0.3) is 0 Å². The standard InChI is InChI=1S/C29H45ClO7Si3/c1-32-29(22-16-17-24(30)21(18-22)20-33-23-14-12-11-13-15-23)28(37-40(8,9)10)27(36-39(5,6)7)26(25(19-31)34-29)35-38(2,3)4/h11-19,25-28H,20H2,1-10H3/t25?,26?,27-,28+,29-/m0/s1. The van der Waals surface area contributed by atoms with E-state index in [1.54, 1.807) is 13.2 Å². The van der Waals surface area contributed by atoms with E-state index in [1.807, 2.05) is 42.5 Å². The maximum atomic E-state index is 12.6. The molecule has 11 heteroatoms. The van der Waals surface area contributed by atoms with E-state index < -0.39 is 55.2 Å². The van der Waals surface area contributed by atoms with Gasteiger partial charge in [0.15, 0.2) is 31.2 Å². The molecule has 0 aliphatic carbocycles. The van der Waals surface area contributed by atoms with Gasteiger partial charge >= 0.3 is 0 Å². The van der Waals surface area contributed by atoms with Crippen LogP contribution in [0.5, 0.6) is 5.75 Å². The largest absolute Gasteiger partial charge is 0.489 e. The number of halogens is 1. The zero-order valence-electron chi connectivity index (χ0n) is 25.4. The Morgan fingerprint density at radius 3 is 1.95 bits per heavy atom. The van der Waals surface area contributed by atoms with E-state index in [2.05, 4.69) is 58.9 Å². The summed E-state index contributed by atoms with van der Waals surface area (Å²) in [5.74, 6) is -0.725. The second-order valence-corrected chi connectivity index (χ2v) is 26.8. The van der Waals surface area contributed by atoms with Crippen LogP contribution in [0.1, 0.15) is 11.1 Å². The van der Waals surface area contributed by atoms with E-state index in [4.69, 9.17) is 39.1 Å². The summed E-state index contributed by atoms with van der Waals surface area (Å²) in [6.45, 7) is 19.2. The molecule has 1 fully saturated rings. The molecule has 2 aromatic rings. The van der Waals surface area contributed by atoms with Gasteiger partial charge in [-0.2, -0.15) is 0 Å². The zero-order chi connectivity index (χ0) is 29.9. The Balaban J connectivity index is 2.17. The number of hydrogen-bond donors (Lipinski definition) is 0. The predicted molar refractivity (Wildman–Crippen MR) is 167 cm³/mol. The van der Waals surface area contributed by atoms with Gasteiger partial charge in [0.05, 0.1) is 0 Å². The summed E-state index contributed by atoms with van der Waals surface area (Å²) >= 11 is 6.62. The number of benzene rings is 2. The lowest BCUT2D eigenvalue weighted by Crippen LogP contribution is -2.69. The number of carbonyl (C=O) groups is 1. The second kappa shape index (κ2) is 12.9. The third kappa shape index (κ3) is 8.59. The molecule has 1 saturated heterocycles.